The van der Waals surface area contributed by atoms with Crippen molar-refractivity contribution in [3.63, 3.8) is 0 Å². The zero-order valence-electron chi connectivity index (χ0n) is 56.6. The number of fused-ring (bicyclic) bond motifs is 1. The molecule has 23 heteroatoms. The molecule has 16 N–H and O–H groups in total. The number of aliphatic hydroxyl groups is 3. The first-order chi connectivity index (χ1) is 45.9. The number of aliphatic hydroxyl groups excluding tert-OH is 3. The lowest BCUT2D eigenvalue weighted by Gasteiger charge is -2.57. The van der Waals surface area contributed by atoms with Crippen LogP contribution in [0.4, 0.5) is 0 Å². The molecule has 2 saturated heterocycles. The number of hydrogen-bond donors (Lipinski definition) is 13. The van der Waals surface area contributed by atoms with Crippen LogP contribution < -0.4 is 54.4 Å². The van der Waals surface area contributed by atoms with Crippen LogP contribution >= 0.6 is 0 Å². The topological polar surface area (TPSA) is 342 Å². The summed E-state index contributed by atoms with van der Waals surface area (Å²) < 4.78 is 19.7. The summed E-state index contributed by atoms with van der Waals surface area (Å²) >= 11 is 0. The van der Waals surface area contributed by atoms with E-state index in [9.17, 15) is 24.9 Å². The molecule has 8 bridgehead atoms. The SMILES string of the molecule is CN(C)CCCC1NC(O)C2CCCN2C(=O)C(Cc2ccccc2)NC(=O)C(CCCN)NC(=O)C(C23CC4CC2CC4C3)NC(=O)C(CCCN)NC(O)COC(COCc2ccccc2)CNC(=O)C(CCCN)NC(OCC23CC4CC(CC(C4)C2)C3)C[CH-]C1O. The van der Waals surface area contributed by atoms with Crippen LogP contribution in [-0.4, -0.2) is 201 Å². The van der Waals surface area contributed by atoms with Gasteiger partial charge >= 0.3 is 0 Å². The predicted octanol–water partition coefficient (Wildman–Crippen LogP) is 2.43. The minimum atomic E-state index is -1.40. The van der Waals surface area contributed by atoms with E-state index in [0.717, 1.165) is 62.6 Å². The summed E-state index contributed by atoms with van der Waals surface area (Å²) in [5, 5.41) is 59.3. The molecule has 5 amide bonds. The summed E-state index contributed by atoms with van der Waals surface area (Å²) in [5.74, 6) is 0.772. The molecule has 14 atom stereocenters. The number of carbonyl (C=O) groups is 5. The number of rotatable bonds is 23. The van der Waals surface area contributed by atoms with Gasteiger partial charge in [0.05, 0.1) is 56.9 Å². The Kier molecular flexibility index (Phi) is 26.8. The third-order valence-corrected chi connectivity index (χ3v) is 22.7. The van der Waals surface area contributed by atoms with Crippen molar-refractivity contribution >= 4 is 29.5 Å². The lowest BCUT2D eigenvalue weighted by atomic mass is 9.50. The van der Waals surface area contributed by atoms with Crippen LogP contribution in [0.5, 0.6) is 0 Å². The third kappa shape index (κ3) is 19.4. The van der Waals surface area contributed by atoms with Crippen molar-refractivity contribution in [2.45, 2.75) is 221 Å². The number of nitrogens with one attached hydrogen (secondary N) is 7. The van der Waals surface area contributed by atoms with Gasteiger partial charge < -0.3 is 77.8 Å². The van der Waals surface area contributed by atoms with Gasteiger partial charge in [0, 0.05) is 31.0 Å². The van der Waals surface area contributed by atoms with Crippen molar-refractivity contribution in [1.29, 1.82) is 0 Å². The summed E-state index contributed by atoms with van der Waals surface area (Å²) in [4.78, 5) is 79.3. The molecule has 0 radical (unpaired) electrons. The van der Waals surface area contributed by atoms with Crippen LogP contribution in [0.15, 0.2) is 60.7 Å². The molecule has 12 rings (SSSR count). The second-order valence-electron chi connectivity index (χ2n) is 30.1. The van der Waals surface area contributed by atoms with Crippen molar-refractivity contribution < 1.29 is 53.5 Å². The summed E-state index contributed by atoms with van der Waals surface area (Å²) in [5.41, 5.74) is 19.6. The number of nitrogens with two attached hydrogens (primary N) is 3. The molecule has 0 aromatic heterocycles. The minimum absolute atomic E-state index is 0.00543. The quantitative estimate of drug-likeness (QED) is 0.0711. The van der Waals surface area contributed by atoms with Crippen LogP contribution in [0, 0.1) is 52.8 Å². The third-order valence-electron chi connectivity index (χ3n) is 22.7. The van der Waals surface area contributed by atoms with Gasteiger partial charge in [0.25, 0.3) is 0 Å². The van der Waals surface area contributed by atoms with E-state index in [-0.39, 0.29) is 82.4 Å². The van der Waals surface area contributed by atoms with E-state index < -0.39 is 102 Å². The molecule has 14 unspecified atom stereocenters. The van der Waals surface area contributed by atoms with Crippen LogP contribution in [0.1, 0.15) is 146 Å². The fraction of sp³-hybridized carbons (Fsp3) is 0.750. The number of carbonyl (C=O) groups excluding carboxylic acids is 5. The van der Waals surface area contributed by atoms with E-state index >= 15 is 14.4 Å². The van der Waals surface area contributed by atoms with Crippen molar-refractivity contribution in [3.8, 4) is 0 Å². The van der Waals surface area contributed by atoms with Gasteiger partial charge in [0.1, 0.15) is 30.6 Å². The molecular formula is C72H115N12O11-. The van der Waals surface area contributed by atoms with Gasteiger partial charge in [-0.3, -0.25) is 46.3 Å². The lowest BCUT2D eigenvalue weighted by molar-refractivity contribution is -0.141. The van der Waals surface area contributed by atoms with Gasteiger partial charge in [-0.05, 0) is 221 Å². The molecule has 2 heterocycles. The Morgan fingerprint density at radius 3 is 1.88 bits per heavy atom. The van der Waals surface area contributed by atoms with Crippen molar-refractivity contribution in [2.24, 2.45) is 63.5 Å². The molecule has 2 aliphatic heterocycles. The van der Waals surface area contributed by atoms with Crippen LogP contribution in [0.2, 0.25) is 0 Å². The number of ether oxygens (including phenoxy) is 3. The molecule has 23 nitrogen and oxygen atoms in total. The summed E-state index contributed by atoms with van der Waals surface area (Å²) in [7, 11) is 3.98. The lowest BCUT2D eigenvalue weighted by Crippen LogP contribution is -2.63. The Hall–Kier alpha value is -4.73. The first kappa shape index (κ1) is 73.0. The van der Waals surface area contributed by atoms with E-state index in [1.54, 1.807) is 11.3 Å². The molecule has 0 spiro atoms. The van der Waals surface area contributed by atoms with Crippen LogP contribution in [0.25, 0.3) is 0 Å². The number of hydrogen-bond acceptors (Lipinski definition) is 18. The monoisotopic (exact) mass is 1320 g/mol. The maximum atomic E-state index is 15.3. The first-order valence-corrected chi connectivity index (χ1v) is 36.2. The maximum Gasteiger partial charge on any atom is 0.245 e. The molecule has 10 aliphatic rings. The number of benzene rings is 2. The van der Waals surface area contributed by atoms with Gasteiger partial charge in [-0.25, -0.2) is 0 Å². The standard InChI is InChI=1S/C72H115N12O11/c1-83(2)28-12-21-55-61(85)23-24-63(95-45-71-36-48-30-49(37-71)32-50(31-48)38-71)78-56(18-9-25-73)65(87)76-41-54(43-93-42-47-16-7-4-8-17-47)94-44-62(86)77-57(19-10-26-74)67(89)82-64(72-39-51-34-53(72)35-52(51)40-72)69(91)80-58(20-11-27-75)66(88)81-59(33-46-14-5-3-6-15-46)70(92)84-29-13-22-60(84)68(90)79-55/h3-8,14-17,23,48-64,68,77-79,85-86,90H,9-13,18-22,24-45,73-75H2,1-2H3,(H,76,87)(H,80,91)(H,81,88)(H,82,89)/q-1. The van der Waals surface area contributed by atoms with Gasteiger partial charge in [0.15, 0.2) is 0 Å². The van der Waals surface area contributed by atoms with Gasteiger partial charge in [-0.15, -0.1) is 6.42 Å². The Bertz CT molecular complexity index is 2710. The van der Waals surface area contributed by atoms with Crippen LogP contribution in [-0.2, 0) is 51.2 Å². The minimum Gasteiger partial charge on any atom is -0.423 e. The van der Waals surface area contributed by atoms with E-state index in [1.165, 1.54) is 19.3 Å². The van der Waals surface area contributed by atoms with Gasteiger partial charge in [-0.1, -0.05) is 66.8 Å². The predicted molar refractivity (Wildman–Crippen MR) is 362 cm³/mol. The second-order valence-corrected chi connectivity index (χ2v) is 30.1. The summed E-state index contributed by atoms with van der Waals surface area (Å²) in [6, 6.07) is 12.6. The highest BCUT2D eigenvalue weighted by molar-refractivity contribution is 5.95. The van der Waals surface area contributed by atoms with Gasteiger partial charge in [-0.2, -0.15) is 0 Å². The second kappa shape index (κ2) is 34.9. The zero-order valence-corrected chi connectivity index (χ0v) is 56.6. The Labute approximate surface area is 563 Å². The smallest absolute Gasteiger partial charge is 0.245 e. The summed E-state index contributed by atoms with van der Waals surface area (Å²) in [6.07, 6.45) is 11.7. The Morgan fingerprint density at radius 2 is 1.27 bits per heavy atom. The highest BCUT2D eigenvalue weighted by Crippen LogP contribution is 2.71. The average Bonchev–Trinajstić information content (AvgIpc) is 1.55. The molecular weight excluding hydrogens is 1210 g/mol. The van der Waals surface area contributed by atoms with Gasteiger partial charge in [0.2, 0.25) is 29.5 Å². The van der Waals surface area contributed by atoms with E-state index in [2.05, 4.69) is 42.1 Å². The maximum absolute atomic E-state index is 15.3. The van der Waals surface area contributed by atoms with E-state index in [4.69, 9.17) is 31.4 Å². The Balaban J connectivity index is 0.960. The first-order valence-electron chi connectivity index (χ1n) is 36.2. The Morgan fingerprint density at radius 1 is 0.674 bits per heavy atom. The number of amides is 5. The highest BCUT2D eigenvalue weighted by atomic mass is 16.5. The largest absolute Gasteiger partial charge is 0.423 e. The van der Waals surface area contributed by atoms with E-state index in [1.807, 2.05) is 74.8 Å². The van der Waals surface area contributed by atoms with E-state index in [0.29, 0.717) is 101 Å². The van der Waals surface area contributed by atoms with Crippen LogP contribution in [0.3, 0.4) is 0 Å². The average molecular weight is 1320 g/mol. The fourth-order valence-corrected chi connectivity index (χ4v) is 18.5. The number of nitrogens with zero attached hydrogens (tertiary/aromatic N) is 2. The molecule has 8 saturated carbocycles. The highest BCUT2D eigenvalue weighted by Gasteiger charge is 2.67. The molecule has 2 aromatic rings. The molecule has 8 aliphatic carbocycles. The summed E-state index contributed by atoms with van der Waals surface area (Å²) in [6.45, 7) is 2.35. The molecule has 95 heavy (non-hydrogen) atoms. The fourth-order valence-electron chi connectivity index (χ4n) is 18.5. The molecule has 2 aromatic carbocycles. The van der Waals surface area contributed by atoms with Crippen molar-refractivity contribution in [2.75, 3.05) is 73.2 Å². The molecule has 530 valence electrons. The zero-order chi connectivity index (χ0) is 67.1. The van der Waals surface area contributed by atoms with Crippen molar-refractivity contribution in [1.82, 2.24) is 47.0 Å². The molecule has 10 fully saturated rings. The van der Waals surface area contributed by atoms with Crippen molar-refractivity contribution in [3.05, 3.63) is 78.2 Å². The normalized spacial score (nSPS) is 36.9.